The zero-order chi connectivity index (χ0) is 14.5. The fourth-order valence-electron chi connectivity index (χ4n) is 1.86. The van der Waals surface area contributed by atoms with Crippen LogP contribution < -0.4 is 4.90 Å². The maximum atomic E-state index is 10.5. The lowest BCUT2D eigenvalue weighted by molar-refractivity contribution is -0.131. The number of rotatable bonds is 5. The van der Waals surface area contributed by atoms with Crippen molar-refractivity contribution in [1.29, 1.82) is 0 Å². The fourth-order valence-corrected chi connectivity index (χ4v) is 2.77. The molecule has 3 nitrogen and oxygen atoms in total. The molecule has 2 aromatic rings. The van der Waals surface area contributed by atoms with Crippen molar-refractivity contribution in [3.63, 3.8) is 0 Å². The first-order valence-electron chi connectivity index (χ1n) is 6.31. The second-order valence-corrected chi connectivity index (χ2v) is 5.71. The van der Waals surface area contributed by atoms with Crippen LogP contribution in [0.5, 0.6) is 0 Å². The van der Waals surface area contributed by atoms with Gasteiger partial charge in [-0.1, -0.05) is 17.7 Å². The van der Waals surface area contributed by atoms with E-state index >= 15 is 0 Å². The minimum atomic E-state index is -0.922. The molecule has 1 aromatic heterocycles. The van der Waals surface area contributed by atoms with Crippen LogP contribution >= 0.6 is 11.3 Å². The Morgan fingerprint density at radius 1 is 1.35 bits per heavy atom. The summed E-state index contributed by atoms with van der Waals surface area (Å²) < 4.78 is 0. The highest BCUT2D eigenvalue weighted by atomic mass is 32.1. The van der Waals surface area contributed by atoms with E-state index in [9.17, 15) is 4.79 Å². The summed E-state index contributed by atoms with van der Waals surface area (Å²) >= 11 is 1.64. The zero-order valence-electron chi connectivity index (χ0n) is 11.5. The van der Waals surface area contributed by atoms with Gasteiger partial charge in [0, 0.05) is 23.7 Å². The Hall–Kier alpha value is -2.07. The molecule has 0 bridgehead atoms. The van der Waals surface area contributed by atoms with Gasteiger partial charge in [-0.3, -0.25) is 0 Å². The zero-order valence-corrected chi connectivity index (χ0v) is 12.4. The largest absolute Gasteiger partial charge is 0.478 e. The van der Waals surface area contributed by atoms with Gasteiger partial charge in [-0.15, -0.1) is 11.3 Å². The molecule has 0 atom stereocenters. The number of thiophene rings is 1. The number of aryl methyl sites for hydroxylation is 1. The predicted octanol–water partition coefficient (Wildman–Crippen LogP) is 3.79. The monoisotopic (exact) mass is 287 g/mol. The highest BCUT2D eigenvalue weighted by Crippen LogP contribution is 2.21. The standard InChI is InChI=1S/C16H17NO2S/c1-12-3-6-14(7-4-12)17(2)10-15-9-13(11-20-15)5-8-16(18)19/h3-9,11H,10H2,1-2H3,(H,18,19). The smallest absolute Gasteiger partial charge is 0.328 e. The molecule has 0 saturated heterocycles. The van der Waals surface area contributed by atoms with Gasteiger partial charge in [0.05, 0.1) is 6.54 Å². The quantitative estimate of drug-likeness (QED) is 0.851. The van der Waals surface area contributed by atoms with E-state index in [0.29, 0.717) is 0 Å². The average Bonchev–Trinajstić information content (AvgIpc) is 2.84. The molecular formula is C16H17NO2S. The third-order valence-corrected chi connectivity index (χ3v) is 3.90. The molecule has 104 valence electrons. The molecule has 1 aromatic carbocycles. The van der Waals surface area contributed by atoms with Crippen LogP contribution in [0.2, 0.25) is 0 Å². The Kier molecular flexibility index (Phi) is 4.58. The Balaban J connectivity index is 2.03. The summed E-state index contributed by atoms with van der Waals surface area (Å²) in [6, 6.07) is 10.4. The third kappa shape index (κ3) is 3.96. The van der Waals surface area contributed by atoms with Gasteiger partial charge in [0.1, 0.15) is 0 Å². The molecule has 0 amide bonds. The molecule has 0 fully saturated rings. The Labute approximate surface area is 122 Å². The van der Waals surface area contributed by atoms with Crippen molar-refractivity contribution in [1.82, 2.24) is 0 Å². The number of aliphatic carboxylic acids is 1. The van der Waals surface area contributed by atoms with Crippen LogP contribution in [0, 0.1) is 6.92 Å². The molecule has 2 rings (SSSR count). The minimum Gasteiger partial charge on any atom is -0.478 e. The first-order valence-corrected chi connectivity index (χ1v) is 7.19. The van der Waals surface area contributed by atoms with Crippen LogP contribution in [0.1, 0.15) is 16.0 Å². The van der Waals surface area contributed by atoms with Crippen LogP contribution in [-0.2, 0) is 11.3 Å². The Morgan fingerprint density at radius 3 is 2.70 bits per heavy atom. The van der Waals surface area contributed by atoms with E-state index in [1.54, 1.807) is 17.4 Å². The topological polar surface area (TPSA) is 40.5 Å². The lowest BCUT2D eigenvalue weighted by Gasteiger charge is -2.18. The molecule has 0 saturated carbocycles. The van der Waals surface area contributed by atoms with Crippen LogP contribution in [0.4, 0.5) is 5.69 Å². The molecule has 0 aliphatic rings. The van der Waals surface area contributed by atoms with Crippen molar-refractivity contribution < 1.29 is 9.90 Å². The summed E-state index contributed by atoms with van der Waals surface area (Å²) in [5.74, 6) is -0.922. The number of carboxylic acid groups (broad SMARTS) is 1. The number of carboxylic acids is 1. The van der Waals surface area contributed by atoms with Crippen molar-refractivity contribution in [3.8, 4) is 0 Å². The fraction of sp³-hybridized carbons (Fsp3) is 0.188. The SMILES string of the molecule is Cc1ccc(N(C)Cc2cc(C=CC(=O)O)cs2)cc1. The molecule has 0 radical (unpaired) electrons. The second kappa shape index (κ2) is 6.39. The molecule has 0 spiro atoms. The molecule has 1 N–H and O–H groups in total. The van der Waals surface area contributed by atoms with Crippen molar-refractivity contribution in [3.05, 3.63) is 57.8 Å². The van der Waals surface area contributed by atoms with Gasteiger partial charge in [0.15, 0.2) is 0 Å². The third-order valence-electron chi connectivity index (χ3n) is 2.96. The van der Waals surface area contributed by atoms with Crippen molar-refractivity contribution in [2.45, 2.75) is 13.5 Å². The van der Waals surface area contributed by atoms with E-state index in [2.05, 4.69) is 43.1 Å². The van der Waals surface area contributed by atoms with Gasteiger partial charge in [-0.05, 0) is 42.1 Å². The van der Waals surface area contributed by atoms with Crippen molar-refractivity contribution in [2.75, 3.05) is 11.9 Å². The van der Waals surface area contributed by atoms with Gasteiger partial charge in [-0.2, -0.15) is 0 Å². The molecule has 0 unspecified atom stereocenters. The summed E-state index contributed by atoms with van der Waals surface area (Å²) in [4.78, 5) is 13.9. The summed E-state index contributed by atoms with van der Waals surface area (Å²) in [7, 11) is 2.05. The normalized spacial score (nSPS) is 10.9. The first-order chi connectivity index (χ1) is 9.54. The van der Waals surface area contributed by atoms with E-state index < -0.39 is 5.97 Å². The van der Waals surface area contributed by atoms with E-state index in [-0.39, 0.29) is 0 Å². The van der Waals surface area contributed by atoms with Crippen LogP contribution in [-0.4, -0.2) is 18.1 Å². The van der Waals surface area contributed by atoms with Gasteiger partial charge in [0.25, 0.3) is 0 Å². The van der Waals surface area contributed by atoms with Gasteiger partial charge in [-0.25, -0.2) is 4.79 Å². The van der Waals surface area contributed by atoms with Gasteiger partial charge in [0.2, 0.25) is 0 Å². The number of carbonyl (C=O) groups is 1. The summed E-state index contributed by atoms with van der Waals surface area (Å²) in [6.07, 6.45) is 2.78. The van der Waals surface area contributed by atoms with Crippen LogP contribution in [0.3, 0.4) is 0 Å². The maximum absolute atomic E-state index is 10.5. The number of nitrogens with zero attached hydrogens (tertiary/aromatic N) is 1. The molecule has 1 heterocycles. The first kappa shape index (κ1) is 14.3. The second-order valence-electron chi connectivity index (χ2n) is 4.71. The number of anilines is 1. The lowest BCUT2D eigenvalue weighted by Crippen LogP contribution is -2.15. The number of hydrogen-bond donors (Lipinski definition) is 1. The van der Waals surface area contributed by atoms with E-state index in [0.717, 1.165) is 18.2 Å². The highest BCUT2D eigenvalue weighted by Gasteiger charge is 2.04. The molecule has 4 heteroatoms. The molecular weight excluding hydrogens is 270 g/mol. The lowest BCUT2D eigenvalue weighted by atomic mass is 10.2. The number of benzene rings is 1. The van der Waals surface area contributed by atoms with E-state index in [1.165, 1.54) is 16.1 Å². The van der Waals surface area contributed by atoms with Gasteiger partial charge >= 0.3 is 5.97 Å². The van der Waals surface area contributed by atoms with Crippen LogP contribution in [0.15, 0.2) is 41.8 Å². The van der Waals surface area contributed by atoms with Crippen molar-refractivity contribution >= 4 is 29.1 Å². The Bertz CT molecular complexity index is 614. The molecule has 0 aliphatic heterocycles. The summed E-state index contributed by atoms with van der Waals surface area (Å²) in [5, 5.41) is 10.6. The minimum absolute atomic E-state index is 0.814. The Morgan fingerprint density at radius 2 is 2.05 bits per heavy atom. The maximum Gasteiger partial charge on any atom is 0.328 e. The highest BCUT2D eigenvalue weighted by molar-refractivity contribution is 7.10. The van der Waals surface area contributed by atoms with Crippen molar-refractivity contribution in [2.24, 2.45) is 0 Å². The average molecular weight is 287 g/mol. The predicted molar refractivity (Wildman–Crippen MR) is 84.3 cm³/mol. The summed E-state index contributed by atoms with van der Waals surface area (Å²) in [5.41, 5.74) is 3.36. The molecule has 20 heavy (non-hydrogen) atoms. The van der Waals surface area contributed by atoms with E-state index in [4.69, 9.17) is 5.11 Å². The van der Waals surface area contributed by atoms with E-state index in [1.807, 2.05) is 11.4 Å². The van der Waals surface area contributed by atoms with Gasteiger partial charge < -0.3 is 10.0 Å². The number of hydrogen-bond acceptors (Lipinski definition) is 3. The summed E-state index contributed by atoms with van der Waals surface area (Å²) in [6.45, 7) is 2.89. The van der Waals surface area contributed by atoms with Crippen LogP contribution in [0.25, 0.3) is 6.08 Å². The molecule has 0 aliphatic carbocycles.